The van der Waals surface area contributed by atoms with E-state index in [1.54, 1.807) is 0 Å². The van der Waals surface area contributed by atoms with Crippen molar-refractivity contribution in [2.45, 2.75) is 58.8 Å². The minimum atomic E-state index is -0.0766. The molecule has 2 aromatic rings. The summed E-state index contributed by atoms with van der Waals surface area (Å²) in [7, 11) is 0. The molecule has 2 aromatic heterocycles. The Labute approximate surface area is 149 Å². The molecule has 6 nitrogen and oxygen atoms in total. The van der Waals surface area contributed by atoms with Gasteiger partial charge >= 0.3 is 0 Å². The maximum absolute atomic E-state index is 5.68. The predicted molar refractivity (Wildman–Crippen MR) is 94.8 cm³/mol. The second-order valence-electron chi connectivity index (χ2n) is 7.25. The van der Waals surface area contributed by atoms with E-state index >= 15 is 0 Å². The van der Waals surface area contributed by atoms with E-state index < -0.39 is 0 Å². The van der Waals surface area contributed by atoms with Crippen LogP contribution in [-0.2, 0) is 14.9 Å². The summed E-state index contributed by atoms with van der Waals surface area (Å²) in [4.78, 5) is 0. The molecule has 2 heterocycles. The molecule has 25 heavy (non-hydrogen) atoms. The van der Waals surface area contributed by atoms with E-state index in [4.69, 9.17) is 18.5 Å². The maximum atomic E-state index is 5.68. The third kappa shape index (κ3) is 6.29. The summed E-state index contributed by atoms with van der Waals surface area (Å²) in [5.41, 5.74) is 1.75. The number of ether oxygens (including phenoxy) is 2. The Balaban J connectivity index is 1.52. The van der Waals surface area contributed by atoms with Gasteiger partial charge in [-0.3, -0.25) is 0 Å². The highest BCUT2D eigenvalue weighted by atomic mass is 16.5. The normalized spacial score (nSPS) is 13.3. The molecule has 1 unspecified atom stereocenters. The smallest absolute Gasteiger partial charge is 0.142 e. The molecule has 0 saturated heterocycles. The van der Waals surface area contributed by atoms with Gasteiger partial charge in [-0.05, 0) is 26.7 Å². The second kappa shape index (κ2) is 9.15. The van der Waals surface area contributed by atoms with Crippen LogP contribution < -0.4 is 0 Å². The zero-order valence-electron chi connectivity index (χ0n) is 16.0. The quantitative estimate of drug-likeness (QED) is 0.566. The largest absolute Gasteiger partial charge is 0.379 e. The molecule has 1 atom stereocenters. The molecule has 0 aromatic carbocycles. The lowest BCUT2D eigenvalue weighted by Crippen LogP contribution is -2.20. The van der Waals surface area contributed by atoms with Gasteiger partial charge in [0.1, 0.15) is 11.5 Å². The third-order valence-corrected chi connectivity index (χ3v) is 4.37. The number of hydrogen-bond donors (Lipinski definition) is 0. The summed E-state index contributed by atoms with van der Waals surface area (Å²) in [6.45, 7) is 12.8. The van der Waals surface area contributed by atoms with Crippen LogP contribution in [-0.4, -0.2) is 36.7 Å². The lowest BCUT2D eigenvalue weighted by Gasteiger charge is -2.20. The van der Waals surface area contributed by atoms with Crippen molar-refractivity contribution in [3.8, 4) is 0 Å². The Hall–Kier alpha value is -1.66. The van der Waals surface area contributed by atoms with Gasteiger partial charge in [-0.15, -0.1) is 0 Å². The van der Waals surface area contributed by atoms with Crippen LogP contribution in [0.5, 0.6) is 0 Å². The molecule has 140 valence electrons. The highest BCUT2D eigenvalue weighted by Crippen LogP contribution is 2.27. The summed E-state index contributed by atoms with van der Waals surface area (Å²) >= 11 is 0. The number of aromatic nitrogens is 2. The molecule has 0 saturated carbocycles. The molecule has 0 aliphatic rings. The monoisotopic (exact) mass is 350 g/mol. The van der Waals surface area contributed by atoms with Crippen LogP contribution in [0.3, 0.4) is 0 Å². The fourth-order valence-electron chi connectivity index (χ4n) is 2.47. The van der Waals surface area contributed by atoms with E-state index in [9.17, 15) is 0 Å². The molecular weight excluding hydrogens is 320 g/mol. The first-order valence-electron chi connectivity index (χ1n) is 8.91. The van der Waals surface area contributed by atoms with Gasteiger partial charge < -0.3 is 18.5 Å². The summed E-state index contributed by atoms with van der Waals surface area (Å²) < 4.78 is 21.9. The van der Waals surface area contributed by atoms with Crippen molar-refractivity contribution in [3.05, 3.63) is 35.0 Å². The molecule has 6 heteroatoms. The number of aryl methyl sites for hydroxylation is 2. The van der Waals surface area contributed by atoms with Crippen molar-refractivity contribution >= 4 is 0 Å². The first-order valence-corrected chi connectivity index (χ1v) is 8.91. The Morgan fingerprint density at radius 2 is 1.60 bits per heavy atom. The average Bonchev–Trinajstić information content (AvgIpc) is 3.18. The maximum Gasteiger partial charge on any atom is 0.142 e. The van der Waals surface area contributed by atoms with Crippen LogP contribution >= 0.6 is 0 Å². The van der Waals surface area contributed by atoms with Crippen molar-refractivity contribution in [3.63, 3.8) is 0 Å². The van der Waals surface area contributed by atoms with Crippen molar-refractivity contribution in [2.75, 3.05) is 26.4 Å². The first-order chi connectivity index (χ1) is 11.9. The minimum Gasteiger partial charge on any atom is -0.379 e. The van der Waals surface area contributed by atoms with Gasteiger partial charge in [0.25, 0.3) is 0 Å². The van der Waals surface area contributed by atoms with Gasteiger partial charge in [0.2, 0.25) is 0 Å². The fourth-order valence-corrected chi connectivity index (χ4v) is 2.47. The molecule has 0 spiro atoms. The SMILES string of the molecule is Cc1cc(C(C)CCOCCOCCC(C)(C)c2cc(C)no2)on1. The van der Waals surface area contributed by atoms with Gasteiger partial charge in [0.15, 0.2) is 0 Å². The van der Waals surface area contributed by atoms with E-state index in [1.165, 1.54) is 0 Å². The topological polar surface area (TPSA) is 70.5 Å². The molecule has 0 bridgehead atoms. The van der Waals surface area contributed by atoms with Crippen molar-refractivity contribution in [1.82, 2.24) is 10.3 Å². The minimum absolute atomic E-state index is 0.0766. The van der Waals surface area contributed by atoms with Gasteiger partial charge in [-0.2, -0.15) is 0 Å². The lowest BCUT2D eigenvalue weighted by molar-refractivity contribution is 0.0385. The summed E-state index contributed by atoms with van der Waals surface area (Å²) in [6.07, 6.45) is 1.79. The lowest BCUT2D eigenvalue weighted by atomic mass is 9.87. The molecule has 0 N–H and O–H groups in total. The van der Waals surface area contributed by atoms with Crippen LogP contribution in [0.2, 0.25) is 0 Å². The van der Waals surface area contributed by atoms with Crippen LogP contribution in [0, 0.1) is 13.8 Å². The molecule has 0 radical (unpaired) electrons. The fraction of sp³-hybridized carbons (Fsp3) is 0.684. The van der Waals surface area contributed by atoms with E-state index in [-0.39, 0.29) is 5.41 Å². The van der Waals surface area contributed by atoms with Gasteiger partial charge in [0.05, 0.1) is 24.6 Å². The molecule has 0 fully saturated rings. The van der Waals surface area contributed by atoms with E-state index in [1.807, 2.05) is 26.0 Å². The number of rotatable bonds is 11. The predicted octanol–water partition coefficient (Wildman–Crippen LogP) is 4.17. The molecule has 0 aliphatic carbocycles. The van der Waals surface area contributed by atoms with E-state index in [2.05, 4.69) is 31.1 Å². The Morgan fingerprint density at radius 1 is 0.960 bits per heavy atom. The van der Waals surface area contributed by atoms with Gasteiger partial charge in [0, 0.05) is 36.7 Å². The zero-order valence-corrected chi connectivity index (χ0v) is 16.0. The first kappa shape index (κ1) is 19.7. The Morgan fingerprint density at radius 3 is 2.20 bits per heavy atom. The van der Waals surface area contributed by atoms with Gasteiger partial charge in [-0.1, -0.05) is 31.1 Å². The van der Waals surface area contributed by atoms with Crippen LogP contribution in [0.15, 0.2) is 21.2 Å². The Kier molecular flexibility index (Phi) is 7.20. The standard InChI is InChI=1S/C19H30N2O4/c1-14(17-12-15(2)20-24-17)6-8-22-10-11-23-9-7-19(4,5)18-13-16(3)21-25-18/h12-14H,6-11H2,1-5H3. The van der Waals surface area contributed by atoms with E-state index in [0.717, 1.165) is 35.7 Å². The Bertz CT molecular complexity index is 633. The summed E-state index contributed by atoms with van der Waals surface area (Å²) in [5.74, 6) is 2.14. The molecular formula is C19H30N2O4. The number of nitrogens with zero attached hydrogens (tertiary/aromatic N) is 2. The van der Waals surface area contributed by atoms with Crippen molar-refractivity contribution < 1.29 is 18.5 Å². The highest BCUT2D eigenvalue weighted by molar-refractivity contribution is 5.13. The summed E-state index contributed by atoms with van der Waals surface area (Å²) in [5, 5.41) is 7.86. The number of hydrogen-bond acceptors (Lipinski definition) is 6. The zero-order chi connectivity index (χ0) is 18.3. The van der Waals surface area contributed by atoms with Crippen molar-refractivity contribution in [2.24, 2.45) is 0 Å². The molecule has 0 aliphatic heterocycles. The summed E-state index contributed by atoms with van der Waals surface area (Å²) in [6, 6.07) is 3.96. The van der Waals surface area contributed by atoms with Crippen LogP contribution in [0.1, 0.15) is 62.4 Å². The average molecular weight is 350 g/mol. The highest BCUT2D eigenvalue weighted by Gasteiger charge is 2.25. The van der Waals surface area contributed by atoms with Crippen LogP contribution in [0.25, 0.3) is 0 Å². The van der Waals surface area contributed by atoms with Crippen molar-refractivity contribution in [1.29, 1.82) is 0 Å². The second-order valence-corrected chi connectivity index (χ2v) is 7.25. The third-order valence-electron chi connectivity index (χ3n) is 4.37. The molecule has 0 amide bonds. The van der Waals surface area contributed by atoms with Crippen LogP contribution in [0.4, 0.5) is 0 Å². The van der Waals surface area contributed by atoms with Gasteiger partial charge in [-0.25, -0.2) is 0 Å². The van der Waals surface area contributed by atoms with E-state index in [0.29, 0.717) is 32.3 Å². The molecule has 2 rings (SSSR count).